The van der Waals surface area contributed by atoms with Gasteiger partial charge in [-0.2, -0.15) is 0 Å². The Labute approximate surface area is 114 Å². The largest absolute Gasteiger partial charge is 0.478 e. The van der Waals surface area contributed by atoms with Crippen molar-refractivity contribution in [2.24, 2.45) is 5.92 Å². The Morgan fingerprint density at radius 3 is 2.40 bits per heavy atom. The van der Waals surface area contributed by atoms with Gasteiger partial charge in [0.25, 0.3) is 0 Å². The summed E-state index contributed by atoms with van der Waals surface area (Å²) in [5.41, 5.74) is -0.664. The zero-order chi connectivity index (χ0) is 14.7. The van der Waals surface area contributed by atoms with Crippen molar-refractivity contribution >= 4 is 17.6 Å². The molecule has 0 aliphatic heterocycles. The maximum Gasteiger partial charge on any atom is 0.337 e. The quantitative estimate of drug-likeness (QED) is 0.891. The first-order valence-electron chi connectivity index (χ1n) is 6.49. The van der Waals surface area contributed by atoms with Gasteiger partial charge in [0, 0.05) is 12.5 Å². The smallest absolute Gasteiger partial charge is 0.337 e. The Morgan fingerprint density at radius 2 is 1.80 bits per heavy atom. The fourth-order valence-corrected chi connectivity index (χ4v) is 2.51. The second kappa shape index (κ2) is 5.98. The predicted octanol–water partition coefficient (Wildman–Crippen LogP) is 3.18. The summed E-state index contributed by atoms with van der Waals surface area (Å²) >= 11 is 0. The SMILES string of the molecule is O=C(CC1CCCC1)Nc1cc(F)c(F)cc1C(=O)O. The molecule has 2 N–H and O–H groups in total. The van der Waals surface area contributed by atoms with Crippen molar-refractivity contribution in [1.29, 1.82) is 0 Å². The lowest BCUT2D eigenvalue weighted by Crippen LogP contribution is -2.17. The Morgan fingerprint density at radius 1 is 1.20 bits per heavy atom. The van der Waals surface area contributed by atoms with Gasteiger partial charge >= 0.3 is 5.97 Å². The van der Waals surface area contributed by atoms with Crippen LogP contribution in [0, 0.1) is 17.6 Å². The van der Waals surface area contributed by atoms with Crippen LogP contribution in [0.3, 0.4) is 0 Å². The van der Waals surface area contributed by atoms with E-state index >= 15 is 0 Å². The maximum atomic E-state index is 13.2. The number of carbonyl (C=O) groups is 2. The van der Waals surface area contributed by atoms with Crippen molar-refractivity contribution in [3.05, 3.63) is 29.3 Å². The third-order valence-electron chi connectivity index (χ3n) is 3.51. The highest BCUT2D eigenvalue weighted by Crippen LogP contribution is 2.28. The molecule has 1 aliphatic carbocycles. The Hall–Kier alpha value is -1.98. The summed E-state index contributed by atoms with van der Waals surface area (Å²) in [6, 6.07) is 1.27. The summed E-state index contributed by atoms with van der Waals surface area (Å²) in [7, 11) is 0. The zero-order valence-electron chi connectivity index (χ0n) is 10.8. The van der Waals surface area contributed by atoms with Gasteiger partial charge in [0.05, 0.1) is 11.3 Å². The van der Waals surface area contributed by atoms with Crippen molar-refractivity contribution in [2.45, 2.75) is 32.1 Å². The summed E-state index contributed by atoms with van der Waals surface area (Å²) in [6.45, 7) is 0. The van der Waals surface area contributed by atoms with E-state index in [1.807, 2.05) is 0 Å². The van der Waals surface area contributed by atoms with E-state index in [0.717, 1.165) is 25.7 Å². The van der Waals surface area contributed by atoms with Gasteiger partial charge in [-0.05, 0) is 24.8 Å². The van der Waals surface area contributed by atoms with Crippen LogP contribution in [0.4, 0.5) is 14.5 Å². The van der Waals surface area contributed by atoms with Gasteiger partial charge in [0.1, 0.15) is 0 Å². The molecule has 0 aromatic heterocycles. The topological polar surface area (TPSA) is 66.4 Å². The normalized spacial score (nSPS) is 15.3. The first kappa shape index (κ1) is 14.4. The van der Waals surface area contributed by atoms with E-state index in [4.69, 9.17) is 5.11 Å². The van der Waals surface area contributed by atoms with Crippen LogP contribution in [0.5, 0.6) is 0 Å². The van der Waals surface area contributed by atoms with E-state index in [2.05, 4.69) is 5.32 Å². The maximum absolute atomic E-state index is 13.2. The third-order valence-corrected chi connectivity index (χ3v) is 3.51. The number of benzene rings is 1. The van der Waals surface area contributed by atoms with Gasteiger partial charge in [-0.3, -0.25) is 4.79 Å². The van der Waals surface area contributed by atoms with Crippen LogP contribution < -0.4 is 5.32 Å². The number of halogens is 2. The second-order valence-corrected chi connectivity index (χ2v) is 5.02. The number of rotatable bonds is 4. The lowest BCUT2D eigenvalue weighted by Gasteiger charge is -2.12. The van der Waals surface area contributed by atoms with Crippen LogP contribution in [0.2, 0.25) is 0 Å². The molecule has 0 spiro atoms. The molecule has 1 aromatic rings. The van der Waals surface area contributed by atoms with E-state index in [9.17, 15) is 18.4 Å². The molecule has 0 bridgehead atoms. The fraction of sp³-hybridized carbons (Fsp3) is 0.429. The van der Waals surface area contributed by atoms with Crippen molar-refractivity contribution in [2.75, 3.05) is 5.32 Å². The van der Waals surface area contributed by atoms with Crippen molar-refractivity contribution in [3.63, 3.8) is 0 Å². The van der Waals surface area contributed by atoms with Crippen LogP contribution in [0.1, 0.15) is 42.5 Å². The van der Waals surface area contributed by atoms with E-state index < -0.39 is 23.2 Å². The van der Waals surface area contributed by atoms with Crippen LogP contribution in [0.25, 0.3) is 0 Å². The lowest BCUT2D eigenvalue weighted by molar-refractivity contribution is -0.117. The van der Waals surface area contributed by atoms with Crippen LogP contribution in [-0.4, -0.2) is 17.0 Å². The molecule has 0 heterocycles. The molecule has 1 saturated carbocycles. The first-order chi connectivity index (χ1) is 9.47. The lowest BCUT2D eigenvalue weighted by atomic mass is 10.0. The van der Waals surface area contributed by atoms with E-state index in [1.54, 1.807) is 0 Å². The second-order valence-electron chi connectivity index (χ2n) is 5.02. The highest BCUT2D eigenvalue weighted by Gasteiger charge is 2.21. The number of hydrogen-bond donors (Lipinski definition) is 2. The van der Waals surface area contributed by atoms with Gasteiger partial charge in [-0.15, -0.1) is 0 Å². The van der Waals surface area contributed by atoms with E-state index in [1.165, 1.54) is 0 Å². The minimum Gasteiger partial charge on any atom is -0.478 e. The number of carboxylic acids is 1. The molecule has 0 atom stereocenters. The number of hydrogen-bond acceptors (Lipinski definition) is 2. The number of carboxylic acid groups (broad SMARTS) is 1. The van der Waals surface area contributed by atoms with Gasteiger partial charge in [-0.1, -0.05) is 12.8 Å². The summed E-state index contributed by atoms with van der Waals surface area (Å²) in [6.07, 6.45) is 4.39. The monoisotopic (exact) mass is 283 g/mol. The molecule has 108 valence electrons. The van der Waals surface area contributed by atoms with Crippen molar-refractivity contribution in [3.8, 4) is 0 Å². The summed E-state index contributed by atoms with van der Waals surface area (Å²) < 4.78 is 26.2. The average molecular weight is 283 g/mol. The Bertz CT molecular complexity index is 539. The van der Waals surface area contributed by atoms with Crippen LogP contribution >= 0.6 is 0 Å². The van der Waals surface area contributed by atoms with Gasteiger partial charge in [0.15, 0.2) is 11.6 Å². The van der Waals surface area contributed by atoms with Crippen LogP contribution in [0.15, 0.2) is 12.1 Å². The summed E-state index contributed by atoms with van der Waals surface area (Å²) in [4.78, 5) is 22.8. The molecule has 4 nitrogen and oxygen atoms in total. The number of amides is 1. The molecule has 0 saturated heterocycles. The molecular weight excluding hydrogens is 268 g/mol. The molecule has 1 aliphatic rings. The highest BCUT2D eigenvalue weighted by atomic mass is 19.2. The van der Waals surface area contributed by atoms with E-state index in [0.29, 0.717) is 12.1 Å². The minimum absolute atomic E-state index is 0.209. The number of anilines is 1. The minimum atomic E-state index is -1.42. The molecule has 1 amide bonds. The van der Waals surface area contributed by atoms with Crippen molar-refractivity contribution < 1.29 is 23.5 Å². The molecule has 1 fully saturated rings. The van der Waals surface area contributed by atoms with Gasteiger partial charge < -0.3 is 10.4 Å². The molecule has 0 radical (unpaired) electrons. The Kier molecular flexibility index (Phi) is 4.32. The summed E-state index contributed by atoms with van der Waals surface area (Å²) in [5.74, 6) is -3.94. The standard InChI is InChI=1S/C14H15F2NO3/c15-10-6-9(14(19)20)12(7-11(10)16)17-13(18)5-8-3-1-2-4-8/h6-8H,1-5H2,(H,17,18)(H,19,20). The van der Waals surface area contributed by atoms with Crippen molar-refractivity contribution in [1.82, 2.24) is 0 Å². The predicted molar refractivity (Wildman–Crippen MR) is 68.5 cm³/mol. The highest BCUT2D eigenvalue weighted by molar-refractivity contribution is 6.00. The number of nitrogens with one attached hydrogen (secondary N) is 1. The zero-order valence-corrected chi connectivity index (χ0v) is 10.8. The third kappa shape index (κ3) is 3.31. The number of aromatic carboxylic acids is 1. The average Bonchev–Trinajstić information content (AvgIpc) is 2.85. The molecular formula is C14H15F2NO3. The van der Waals surface area contributed by atoms with Gasteiger partial charge in [0.2, 0.25) is 5.91 Å². The fourth-order valence-electron chi connectivity index (χ4n) is 2.51. The molecule has 20 heavy (non-hydrogen) atoms. The molecule has 1 aromatic carbocycles. The van der Waals surface area contributed by atoms with E-state index in [-0.39, 0.29) is 23.9 Å². The van der Waals surface area contributed by atoms with Crippen LogP contribution in [-0.2, 0) is 4.79 Å². The molecule has 6 heteroatoms. The van der Waals surface area contributed by atoms with Gasteiger partial charge in [-0.25, -0.2) is 13.6 Å². The Balaban J connectivity index is 2.13. The molecule has 2 rings (SSSR count). The first-order valence-corrected chi connectivity index (χ1v) is 6.49. The molecule has 0 unspecified atom stereocenters. The summed E-state index contributed by atoms with van der Waals surface area (Å²) in [5, 5.41) is 11.3. The number of carbonyl (C=O) groups excluding carboxylic acids is 1.